The van der Waals surface area contributed by atoms with Crippen LogP contribution in [0.1, 0.15) is 52.9 Å². The van der Waals surface area contributed by atoms with Gasteiger partial charge in [-0.3, -0.25) is 19.4 Å². The molecule has 0 aliphatic carbocycles. The third-order valence-electron chi connectivity index (χ3n) is 5.13. The smallest absolute Gasteiger partial charge is 0.326 e. The molecule has 0 aromatic rings. The Morgan fingerprint density at radius 1 is 1.09 bits per heavy atom. The summed E-state index contributed by atoms with van der Waals surface area (Å²) in [4.78, 5) is 54.9. The molecule has 4 atom stereocenters. The van der Waals surface area contributed by atoms with E-state index in [4.69, 9.17) is 17.2 Å². The average molecular weight is 456 g/mol. The molecule has 9 N–H and O–H groups in total. The topological polar surface area (TPSA) is 206 Å². The molecule has 0 saturated carbocycles. The summed E-state index contributed by atoms with van der Waals surface area (Å²) < 4.78 is 0. The third-order valence-corrected chi connectivity index (χ3v) is 5.13. The lowest BCUT2D eigenvalue weighted by Crippen LogP contribution is -2.57. The van der Waals surface area contributed by atoms with E-state index in [-0.39, 0.29) is 24.8 Å². The van der Waals surface area contributed by atoms with E-state index in [0.29, 0.717) is 32.2 Å². The fourth-order valence-corrected chi connectivity index (χ4v) is 3.53. The summed E-state index contributed by atoms with van der Waals surface area (Å²) in [6.45, 7) is 5.88. The second kappa shape index (κ2) is 12.8. The van der Waals surface area contributed by atoms with Gasteiger partial charge in [-0.05, 0) is 44.9 Å². The van der Waals surface area contributed by atoms with Crippen LogP contribution in [0.3, 0.4) is 0 Å². The van der Waals surface area contributed by atoms with E-state index in [0.717, 1.165) is 0 Å². The first-order valence-corrected chi connectivity index (χ1v) is 10.9. The number of amides is 3. The molecule has 0 radical (unpaired) electrons. The Balaban J connectivity index is 2.97. The first kappa shape index (κ1) is 27.1. The number of hydrogen-bond acceptors (Lipinski definition) is 6. The van der Waals surface area contributed by atoms with Crippen LogP contribution in [-0.4, -0.2) is 76.9 Å². The predicted molar refractivity (Wildman–Crippen MR) is 119 cm³/mol. The number of carboxylic acid groups (broad SMARTS) is 1. The number of guanidine groups is 1. The highest BCUT2D eigenvalue weighted by Crippen LogP contribution is 2.20. The summed E-state index contributed by atoms with van der Waals surface area (Å²) in [5.74, 6) is -2.57. The van der Waals surface area contributed by atoms with E-state index in [1.54, 1.807) is 0 Å². The average Bonchev–Trinajstić information content (AvgIpc) is 3.18. The van der Waals surface area contributed by atoms with E-state index in [9.17, 15) is 24.3 Å². The lowest BCUT2D eigenvalue weighted by atomic mass is 10.0. The molecule has 0 aromatic carbocycles. The number of carbonyl (C=O) groups excluding carboxylic acids is 3. The molecule has 1 aliphatic heterocycles. The normalized spacial score (nSPS) is 18.5. The molecule has 12 heteroatoms. The molecule has 0 spiro atoms. The van der Waals surface area contributed by atoms with Gasteiger partial charge in [-0.15, -0.1) is 0 Å². The van der Waals surface area contributed by atoms with Gasteiger partial charge < -0.3 is 37.8 Å². The van der Waals surface area contributed by atoms with E-state index >= 15 is 0 Å². The summed E-state index contributed by atoms with van der Waals surface area (Å²) in [5.41, 5.74) is 16.2. The SMILES string of the molecule is CC(C)C[C@H](NC(=O)[C@H](CCCN=C(N)N)NC(=O)[C@H](C)N)C(=O)N1CCC[C@H]1C(=O)O. The molecule has 0 aromatic heterocycles. The zero-order valence-electron chi connectivity index (χ0n) is 19.0. The molecular formula is C20H37N7O5. The summed E-state index contributed by atoms with van der Waals surface area (Å²) in [6, 6.07) is -3.58. The highest BCUT2D eigenvalue weighted by atomic mass is 16.4. The van der Waals surface area contributed by atoms with Crippen LogP contribution in [0.5, 0.6) is 0 Å². The van der Waals surface area contributed by atoms with Crippen molar-refractivity contribution in [1.82, 2.24) is 15.5 Å². The van der Waals surface area contributed by atoms with Crippen LogP contribution >= 0.6 is 0 Å². The summed E-state index contributed by atoms with van der Waals surface area (Å²) in [7, 11) is 0. The Morgan fingerprint density at radius 2 is 1.72 bits per heavy atom. The van der Waals surface area contributed by atoms with E-state index in [2.05, 4.69) is 15.6 Å². The third kappa shape index (κ3) is 8.69. The first-order valence-electron chi connectivity index (χ1n) is 10.9. The molecule has 1 heterocycles. The van der Waals surface area contributed by atoms with Gasteiger partial charge in [-0.25, -0.2) is 4.79 Å². The minimum Gasteiger partial charge on any atom is -0.480 e. The molecule has 3 amide bonds. The second-order valence-electron chi connectivity index (χ2n) is 8.52. The predicted octanol–water partition coefficient (Wildman–Crippen LogP) is -1.52. The maximum Gasteiger partial charge on any atom is 0.326 e. The molecule has 182 valence electrons. The number of hydrogen-bond donors (Lipinski definition) is 6. The lowest BCUT2D eigenvalue weighted by Gasteiger charge is -2.29. The molecule has 12 nitrogen and oxygen atoms in total. The van der Waals surface area contributed by atoms with Crippen LogP contribution in [0.2, 0.25) is 0 Å². The fraction of sp³-hybridized carbons (Fsp3) is 0.750. The highest BCUT2D eigenvalue weighted by Gasteiger charge is 2.38. The largest absolute Gasteiger partial charge is 0.480 e. The lowest BCUT2D eigenvalue weighted by molar-refractivity contribution is -0.149. The highest BCUT2D eigenvalue weighted by molar-refractivity contribution is 5.94. The maximum absolute atomic E-state index is 13.1. The molecule has 1 rings (SSSR count). The van der Waals surface area contributed by atoms with Crippen LogP contribution in [0, 0.1) is 5.92 Å². The molecule has 0 bridgehead atoms. The molecule has 1 saturated heterocycles. The maximum atomic E-state index is 13.1. The Labute approximate surface area is 188 Å². The standard InChI is InChI=1S/C20H37N7O5/c1-11(2)10-14(18(30)27-9-5-7-15(27)19(31)32)26-17(29)13(25-16(28)12(3)21)6-4-8-24-20(22)23/h11-15H,4-10,21H2,1-3H3,(H,25,28)(H,26,29)(H,31,32)(H4,22,23,24)/t12-,13-,14-,15-/m0/s1. The Morgan fingerprint density at radius 3 is 2.25 bits per heavy atom. The Bertz CT molecular complexity index is 706. The van der Waals surface area contributed by atoms with E-state index in [1.807, 2.05) is 13.8 Å². The van der Waals surface area contributed by atoms with Gasteiger partial charge in [0.2, 0.25) is 17.7 Å². The summed E-state index contributed by atoms with van der Waals surface area (Å²) >= 11 is 0. The second-order valence-corrected chi connectivity index (χ2v) is 8.52. The number of nitrogens with zero attached hydrogens (tertiary/aromatic N) is 2. The zero-order chi connectivity index (χ0) is 24.4. The van der Waals surface area contributed by atoms with Gasteiger partial charge in [0.1, 0.15) is 18.1 Å². The van der Waals surface area contributed by atoms with Crippen LogP contribution in [0.4, 0.5) is 0 Å². The van der Waals surface area contributed by atoms with Crippen LogP contribution in [0.25, 0.3) is 0 Å². The number of nitrogens with one attached hydrogen (secondary N) is 2. The molecular weight excluding hydrogens is 418 g/mol. The van der Waals surface area contributed by atoms with Gasteiger partial charge in [0.15, 0.2) is 5.96 Å². The summed E-state index contributed by atoms with van der Waals surface area (Å²) in [6.07, 6.45) is 1.93. The molecule has 0 unspecified atom stereocenters. The molecule has 32 heavy (non-hydrogen) atoms. The fourth-order valence-electron chi connectivity index (χ4n) is 3.53. The van der Waals surface area contributed by atoms with Gasteiger partial charge >= 0.3 is 5.97 Å². The van der Waals surface area contributed by atoms with E-state index < -0.39 is 47.9 Å². The monoisotopic (exact) mass is 455 g/mol. The van der Waals surface area contributed by atoms with Gasteiger partial charge in [-0.1, -0.05) is 13.8 Å². The minimum absolute atomic E-state index is 0.0640. The Hall–Kier alpha value is -2.89. The van der Waals surface area contributed by atoms with Crippen molar-refractivity contribution in [3.05, 3.63) is 0 Å². The first-order chi connectivity index (χ1) is 14.9. The van der Waals surface area contributed by atoms with Crippen molar-refractivity contribution in [3.63, 3.8) is 0 Å². The quantitative estimate of drug-likeness (QED) is 0.115. The van der Waals surface area contributed by atoms with Crippen molar-refractivity contribution in [2.75, 3.05) is 13.1 Å². The van der Waals surface area contributed by atoms with Crippen molar-refractivity contribution in [2.45, 2.75) is 77.0 Å². The van der Waals surface area contributed by atoms with Crippen LogP contribution in [-0.2, 0) is 19.2 Å². The number of rotatable bonds is 12. The number of aliphatic imine (C=N–C) groups is 1. The number of carboxylic acids is 1. The van der Waals surface area contributed by atoms with Crippen molar-refractivity contribution in [3.8, 4) is 0 Å². The molecule has 1 aliphatic rings. The van der Waals surface area contributed by atoms with Crippen molar-refractivity contribution < 1.29 is 24.3 Å². The molecule has 1 fully saturated rings. The van der Waals surface area contributed by atoms with Gasteiger partial charge in [0, 0.05) is 13.1 Å². The minimum atomic E-state index is -1.06. The van der Waals surface area contributed by atoms with Crippen LogP contribution < -0.4 is 27.8 Å². The number of nitrogens with two attached hydrogens (primary N) is 3. The van der Waals surface area contributed by atoms with Crippen molar-refractivity contribution >= 4 is 29.7 Å². The van der Waals surface area contributed by atoms with Crippen LogP contribution in [0.15, 0.2) is 4.99 Å². The van der Waals surface area contributed by atoms with E-state index in [1.165, 1.54) is 11.8 Å². The van der Waals surface area contributed by atoms with Gasteiger partial charge in [0.25, 0.3) is 0 Å². The van der Waals surface area contributed by atoms with Gasteiger partial charge in [0.05, 0.1) is 6.04 Å². The number of carbonyl (C=O) groups is 4. The van der Waals surface area contributed by atoms with Gasteiger partial charge in [-0.2, -0.15) is 0 Å². The summed E-state index contributed by atoms with van der Waals surface area (Å²) in [5, 5.41) is 14.7. The van der Waals surface area contributed by atoms with Crippen molar-refractivity contribution in [1.29, 1.82) is 0 Å². The Kier molecular flexibility index (Phi) is 10.9. The van der Waals surface area contributed by atoms with Crippen molar-refractivity contribution in [2.24, 2.45) is 28.1 Å². The number of likely N-dealkylation sites (tertiary alicyclic amines) is 1. The zero-order valence-corrected chi connectivity index (χ0v) is 19.0. The number of aliphatic carboxylic acids is 1.